The molecule has 0 bridgehead atoms. The number of hydrogen-bond acceptors (Lipinski definition) is 5. The van der Waals surface area contributed by atoms with Crippen molar-refractivity contribution in [3.63, 3.8) is 0 Å². The second-order valence-electron chi connectivity index (χ2n) is 7.58. The molecule has 1 atom stereocenters. The summed E-state index contributed by atoms with van der Waals surface area (Å²) < 4.78 is 40.7. The Bertz CT molecular complexity index is 1020. The highest BCUT2D eigenvalue weighted by Crippen LogP contribution is 2.31. The first kappa shape index (κ1) is 20.4. The highest BCUT2D eigenvalue weighted by atomic mass is 19.3. The van der Waals surface area contributed by atoms with Gasteiger partial charge in [0, 0.05) is 22.7 Å². The van der Waals surface area contributed by atoms with E-state index in [1.165, 1.54) is 12.1 Å². The lowest BCUT2D eigenvalue weighted by Gasteiger charge is -2.25. The predicted octanol–water partition coefficient (Wildman–Crippen LogP) is 5.04. The number of anilines is 2. The molecule has 3 N–H and O–H groups in total. The number of aromatic nitrogens is 2. The van der Waals surface area contributed by atoms with Gasteiger partial charge in [-0.1, -0.05) is 18.2 Å². The van der Waals surface area contributed by atoms with Crippen molar-refractivity contribution in [1.82, 2.24) is 15.5 Å². The van der Waals surface area contributed by atoms with Crippen molar-refractivity contribution in [3.05, 3.63) is 59.5 Å². The van der Waals surface area contributed by atoms with E-state index >= 15 is 0 Å². The first-order valence-electron chi connectivity index (χ1n) is 10.1. The van der Waals surface area contributed by atoms with Crippen LogP contribution in [0.1, 0.15) is 43.4 Å². The molecule has 1 aromatic heterocycles. The molecule has 1 fully saturated rings. The number of alkyl halides is 2. The minimum Gasteiger partial charge on any atom is -0.382 e. The lowest BCUT2D eigenvalue weighted by Crippen LogP contribution is -2.35. The van der Waals surface area contributed by atoms with Crippen LogP contribution in [0.15, 0.2) is 42.6 Å². The maximum absolute atomic E-state index is 14.6. The van der Waals surface area contributed by atoms with Crippen LogP contribution >= 0.6 is 0 Å². The Hall–Kier alpha value is -2.87. The van der Waals surface area contributed by atoms with E-state index in [0.717, 1.165) is 43.1 Å². The zero-order chi connectivity index (χ0) is 21.1. The van der Waals surface area contributed by atoms with Crippen molar-refractivity contribution in [2.75, 3.05) is 23.7 Å². The maximum atomic E-state index is 14.6. The van der Waals surface area contributed by atoms with Crippen molar-refractivity contribution in [3.8, 4) is 0 Å². The zero-order valence-corrected chi connectivity index (χ0v) is 16.6. The lowest BCUT2D eigenvalue weighted by molar-refractivity contribution is 0.146. The summed E-state index contributed by atoms with van der Waals surface area (Å²) in [6, 6.07) is 9.79. The molecule has 1 aliphatic heterocycles. The summed E-state index contributed by atoms with van der Waals surface area (Å²) in [5, 5.41) is 19.1. The maximum Gasteiger partial charge on any atom is 0.266 e. The van der Waals surface area contributed by atoms with E-state index in [0.29, 0.717) is 17.2 Å². The second kappa shape index (κ2) is 8.87. The summed E-state index contributed by atoms with van der Waals surface area (Å²) in [4.78, 5) is 0. The van der Waals surface area contributed by atoms with Gasteiger partial charge in [0.05, 0.1) is 29.0 Å². The van der Waals surface area contributed by atoms with Crippen LogP contribution in [0.25, 0.3) is 10.9 Å². The number of piperidine rings is 1. The van der Waals surface area contributed by atoms with Crippen LogP contribution in [0.4, 0.5) is 24.5 Å². The van der Waals surface area contributed by atoms with Crippen LogP contribution in [-0.4, -0.2) is 29.3 Å². The number of nitrogens with one attached hydrogen (secondary N) is 3. The summed E-state index contributed by atoms with van der Waals surface area (Å²) in [5.41, 5.74) is 1.94. The predicted molar refractivity (Wildman–Crippen MR) is 112 cm³/mol. The summed E-state index contributed by atoms with van der Waals surface area (Å²) in [6.45, 7) is 3.71. The van der Waals surface area contributed by atoms with Crippen molar-refractivity contribution >= 4 is 22.3 Å². The topological polar surface area (TPSA) is 61.9 Å². The molecule has 0 saturated carbocycles. The molecular formula is C22H24F3N5. The second-order valence-corrected chi connectivity index (χ2v) is 7.58. The molecule has 158 valence electrons. The number of hydrogen-bond donors (Lipinski definition) is 3. The number of halogens is 3. The van der Waals surface area contributed by atoms with Crippen LogP contribution in [0, 0.1) is 5.82 Å². The lowest BCUT2D eigenvalue weighted by atomic mass is 10.0. The summed E-state index contributed by atoms with van der Waals surface area (Å²) in [5.74, 6) is -0.882. The first-order valence-corrected chi connectivity index (χ1v) is 10.1. The normalized spacial score (nSPS) is 16.0. The standard InChI is InChI=1S/C22H24F3N5/c1-13(16-3-2-4-17(21(16)23)22(24)25)28-20-12-27-30-19-6-5-15(11-18(19)20)29-14-7-9-26-10-8-14/h2-6,11-14,22,26,29H,7-10H2,1H3,(H,28,30)/t13-/m1/s1. The molecular weight excluding hydrogens is 391 g/mol. The third-order valence-electron chi connectivity index (χ3n) is 5.48. The van der Waals surface area contributed by atoms with E-state index in [4.69, 9.17) is 0 Å². The molecule has 5 nitrogen and oxygen atoms in total. The number of fused-ring (bicyclic) bond motifs is 1. The number of rotatable bonds is 6. The quantitative estimate of drug-likeness (QED) is 0.526. The smallest absolute Gasteiger partial charge is 0.266 e. The molecule has 1 aliphatic rings. The monoisotopic (exact) mass is 415 g/mol. The summed E-state index contributed by atoms with van der Waals surface area (Å²) in [6.07, 6.45) is 0.814. The number of benzene rings is 2. The van der Waals surface area contributed by atoms with Crippen LogP contribution in [0.3, 0.4) is 0 Å². The first-order chi connectivity index (χ1) is 14.5. The average molecular weight is 415 g/mol. The minimum absolute atomic E-state index is 0.182. The van der Waals surface area contributed by atoms with E-state index in [-0.39, 0.29) is 5.56 Å². The largest absolute Gasteiger partial charge is 0.382 e. The average Bonchev–Trinajstić information content (AvgIpc) is 2.75. The van der Waals surface area contributed by atoms with Crippen LogP contribution in [-0.2, 0) is 0 Å². The Labute approximate surface area is 173 Å². The highest BCUT2D eigenvalue weighted by Gasteiger charge is 2.20. The van der Waals surface area contributed by atoms with Gasteiger partial charge in [-0.25, -0.2) is 13.2 Å². The van der Waals surface area contributed by atoms with E-state index < -0.39 is 23.8 Å². The molecule has 0 aliphatic carbocycles. The summed E-state index contributed by atoms with van der Waals surface area (Å²) >= 11 is 0. The Morgan fingerprint density at radius 3 is 2.63 bits per heavy atom. The Kier molecular flexibility index (Phi) is 6.03. The third kappa shape index (κ3) is 4.33. The van der Waals surface area contributed by atoms with Crippen LogP contribution in [0.2, 0.25) is 0 Å². The van der Waals surface area contributed by atoms with Gasteiger partial charge in [0.25, 0.3) is 6.43 Å². The fourth-order valence-corrected chi connectivity index (χ4v) is 3.85. The fourth-order valence-electron chi connectivity index (χ4n) is 3.85. The van der Waals surface area contributed by atoms with E-state index in [1.807, 2.05) is 18.2 Å². The molecule has 1 saturated heterocycles. The SMILES string of the molecule is C[C@@H](Nc1cnnc2ccc(NC3CCNCC3)cc12)c1cccc(C(F)F)c1F. The summed E-state index contributed by atoms with van der Waals surface area (Å²) in [7, 11) is 0. The van der Waals surface area contributed by atoms with Crippen molar-refractivity contribution in [2.45, 2.75) is 38.3 Å². The minimum atomic E-state index is -2.86. The van der Waals surface area contributed by atoms with Gasteiger partial charge in [-0.3, -0.25) is 0 Å². The molecule has 0 spiro atoms. The molecule has 0 amide bonds. The molecule has 3 aromatic rings. The van der Waals surface area contributed by atoms with Gasteiger partial charge in [0.2, 0.25) is 0 Å². The Morgan fingerprint density at radius 2 is 1.87 bits per heavy atom. The molecule has 8 heteroatoms. The van der Waals surface area contributed by atoms with Crippen molar-refractivity contribution in [1.29, 1.82) is 0 Å². The number of nitrogens with zero attached hydrogens (tertiary/aromatic N) is 2. The van der Waals surface area contributed by atoms with E-state index in [9.17, 15) is 13.2 Å². The zero-order valence-electron chi connectivity index (χ0n) is 16.6. The van der Waals surface area contributed by atoms with Crippen molar-refractivity contribution < 1.29 is 13.2 Å². The molecule has 2 heterocycles. The van der Waals surface area contributed by atoms with Crippen LogP contribution < -0.4 is 16.0 Å². The fraction of sp³-hybridized carbons (Fsp3) is 0.364. The van der Waals surface area contributed by atoms with Gasteiger partial charge in [0.15, 0.2) is 0 Å². The highest BCUT2D eigenvalue weighted by molar-refractivity contribution is 5.92. The van der Waals surface area contributed by atoms with Gasteiger partial charge < -0.3 is 16.0 Å². The third-order valence-corrected chi connectivity index (χ3v) is 5.48. The Morgan fingerprint density at radius 1 is 1.10 bits per heavy atom. The molecule has 0 unspecified atom stereocenters. The van der Waals surface area contributed by atoms with Gasteiger partial charge in [-0.15, -0.1) is 0 Å². The van der Waals surface area contributed by atoms with Gasteiger partial charge >= 0.3 is 0 Å². The van der Waals surface area contributed by atoms with Crippen LogP contribution in [0.5, 0.6) is 0 Å². The molecule has 2 aromatic carbocycles. The molecule has 0 radical (unpaired) electrons. The molecule has 30 heavy (non-hydrogen) atoms. The molecule has 4 rings (SSSR count). The van der Waals surface area contributed by atoms with Gasteiger partial charge in [0.1, 0.15) is 5.82 Å². The van der Waals surface area contributed by atoms with E-state index in [1.54, 1.807) is 13.1 Å². The van der Waals surface area contributed by atoms with Gasteiger partial charge in [-0.05, 0) is 51.1 Å². The Balaban J connectivity index is 1.60. The van der Waals surface area contributed by atoms with Crippen molar-refractivity contribution in [2.24, 2.45) is 0 Å². The van der Waals surface area contributed by atoms with E-state index in [2.05, 4.69) is 26.1 Å². The van der Waals surface area contributed by atoms with Gasteiger partial charge in [-0.2, -0.15) is 10.2 Å².